The highest BCUT2D eigenvalue weighted by Crippen LogP contribution is 2.27. The minimum Gasteiger partial charge on any atom is -0.455 e. The van der Waals surface area contributed by atoms with Crippen LogP contribution in [0, 0.1) is 0 Å². The van der Waals surface area contributed by atoms with Crippen LogP contribution in [0.15, 0.2) is 24.3 Å². The standard InChI is InChI=1S/C27H43NO18/c1-2-27(41,46-11-5-3-10(28)4-6-11)24(40)21(37)18(34)15(31)12(30)8-42-25-23(39)20(36)17(33)14(45-25)9-43-26-22(38)19(35)16(32)13(7-29)44-26/h3-6,12-23,25-26,29-39,41H,2,7-9,28H2,1H3/t12-,13-,14-,15-,16-,17-,18+,19+,20+,21-,22-,23-,25+,26+,27?/m1/s1. The number of Topliss-reactive ketones (excluding diaryl/α,β-unsaturated/α-hetero) is 1. The summed E-state index contributed by atoms with van der Waals surface area (Å²) >= 11 is 0. The van der Waals surface area contributed by atoms with Crippen LogP contribution in [0.1, 0.15) is 13.3 Å². The van der Waals surface area contributed by atoms with Gasteiger partial charge in [-0.1, -0.05) is 6.92 Å². The molecule has 46 heavy (non-hydrogen) atoms. The number of rotatable bonds is 15. The molecular formula is C27H43NO18. The van der Waals surface area contributed by atoms with Crippen molar-refractivity contribution >= 4 is 11.5 Å². The lowest BCUT2D eigenvalue weighted by molar-refractivity contribution is -0.333. The van der Waals surface area contributed by atoms with Crippen molar-refractivity contribution in [1.29, 1.82) is 0 Å². The van der Waals surface area contributed by atoms with Crippen molar-refractivity contribution in [2.75, 3.05) is 25.6 Å². The zero-order valence-corrected chi connectivity index (χ0v) is 24.6. The summed E-state index contributed by atoms with van der Waals surface area (Å²) in [4.78, 5) is 12.8. The van der Waals surface area contributed by atoms with E-state index >= 15 is 0 Å². The molecule has 0 saturated carbocycles. The predicted molar refractivity (Wildman–Crippen MR) is 148 cm³/mol. The molecule has 3 rings (SSSR count). The zero-order chi connectivity index (χ0) is 34.5. The number of hydrogen-bond acceptors (Lipinski definition) is 19. The van der Waals surface area contributed by atoms with E-state index in [0.717, 1.165) is 0 Å². The van der Waals surface area contributed by atoms with Crippen LogP contribution in [-0.4, -0.2) is 178 Å². The molecule has 1 unspecified atom stereocenters. The number of ketones is 1. The highest BCUT2D eigenvalue weighted by Gasteiger charge is 2.49. The van der Waals surface area contributed by atoms with E-state index in [2.05, 4.69) is 0 Å². The number of aliphatic hydroxyl groups excluding tert-OH is 11. The Hall–Kier alpha value is -2.15. The summed E-state index contributed by atoms with van der Waals surface area (Å²) in [5.41, 5.74) is 5.95. The second-order valence-corrected chi connectivity index (χ2v) is 11.0. The van der Waals surface area contributed by atoms with Crippen molar-refractivity contribution in [1.82, 2.24) is 0 Å². The van der Waals surface area contributed by atoms with Crippen LogP contribution in [0.25, 0.3) is 0 Å². The lowest BCUT2D eigenvalue weighted by Gasteiger charge is -2.42. The first-order valence-electron chi connectivity index (χ1n) is 14.3. The van der Waals surface area contributed by atoms with Crippen molar-refractivity contribution in [2.24, 2.45) is 0 Å². The predicted octanol–water partition coefficient (Wildman–Crippen LogP) is -6.60. The fraction of sp³-hybridized carbons (Fsp3) is 0.741. The van der Waals surface area contributed by atoms with Gasteiger partial charge >= 0.3 is 0 Å². The summed E-state index contributed by atoms with van der Waals surface area (Å²) in [6.45, 7) is -0.996. The Bertz CT molecular complexity index is 1100. The van der Waals surface area contributed by atoms with Crippen LogP contribution in [0.3, 0.4) is 0 Å². The van der Waals surface area contributed by atoms with Crippen molar-refractivity contribution in [3.8, 4) is 5.75 Å². The molecule has 1 aromatic carbocycles. The summed E-state index contributed by atoms with van der Waals surface area (Å²) in [6, 6.07) is 5.52. The van der Waals surface area contributed by atoms with Gasteiger partial charge in [0.1, 0.15) is 79.0 Å². The minimum atomic E-state index is -2.65. The van der Waals surface area contributed by atoms with Crippen molar-refractivity contribution in [3.63, 3.8) is 0 Å². The fourth-order valence-corrected chi connectivity index (χ4v) is 4.71. The summed E-state index contributed by atoms with van der Waals surface area (Å²) in [5, 5.41) is 122. The van der Waals surface area contributed by atoms with Gasteiger partial charge in [0.15, 0.2) is 12.6 Å². The molecule has 19 nitrogen and oxygen atoms in total. The molecule has 14 N–H and O–H groups in total. The molecule has 2 fully saturated rings. The lowest BCUT2D eigenvalue weighted by Crippen LogP contribution is -2.62. The molecule has 0 aromatic heterocycles. The Morgan fingerprint density at radius 3 is 1.89 bits per heavy atom. The first kappa shape index (κ1) is 38.3. The number of carbonyl (C=O) groups is 1. The summed E-state index contributed by atoms with van der Waals surface area (Å²) in [7, 11) is 0. The first-order chi connectivity index (χ1) is 21.6. The molecule has 2 heterocycles. The smallest absolute Gasteiger partial charge is 0.270 e. The van der Waals surface area contributed by atoms with Gasteiger partial charge in [-0.05, 0) is 24.3 Å². The zero-order valence-electron chi connectivity index (χ0n) is 24.6. The topological polar surface area (TPSA) is 332 Å². The second-order valence-electron chi connectivity index (χ2n) is 11.0. The SMILES string of the molecule is CCC(O)(Oc1ccc(N)cc1)C(=O)[C@H](O)[C@@H](O)[C@H](O)[C@H](O)CO[C@H]1O[C@H](CO[C@H]2O[C@H](CO)[C@@H](O)[C@H](O)[C@H]2O)[C@@H](O)[C@H](O)[C@H]1O. The Morgan fingerprint density at radius 2 is 1.35 bits per heavy atom. The van der Waals surface area contributed by atoms with Gasteiger partial charge in [-0.3, -0.25) is 4.79 Å². The number of benzene rings is 1. The van der Waals surface area contributed by atoms with Gasteiger partial charge in [-0.25, -0.2) is 0 Å². The fourth-order valence-electron chi connectivity index (χ4n) is 4.71. The maximum atomic E-state index is 12.8. The highest BCUT2D eigenvalue weighted by atomic mass is 16.7. The number of carbonyl (C=O) groups excluding carboxylic acids is 1. The first-order valence-corrected chi connectivity index (χ1v) is 14.3. The average Bonchev–Trinajstić information content (AvgIpc) is 3.05. The second kappa shape index (κ2) is 16.3. The van der Waals surface area contributed by atoms with E-state index in [1.54, 1.807) is 0 Å². The number of anilines is 1. The molecule has 2 aliphatic rings. The average molecular weight is 670 g/mol. The molecule has 15 atom stereocenters. The molecule has 2 saturated heterocycles. The van der Waals surface area contributed by atoms with Crippen LogP contribution in [-0.2, 0) is 23.7 Å². The third-order valence-corrected chi connectivity index (χ3v) is 7.74. The van der Waals surface area contributed by atoms with Crippen LogP contribution in [0.4, 0.5) is 5.69 Å². The molecule has 264 valence electrons. The molecule has 19 heteroatoms. The number of aliphatic hydroxyl groups is 12. The monoisotopic (exact) mass is 669 g/mol. The molecular weight excluding hydrogens is 626 g/mol. The summed E-state index contributed by atoms with van der Waals surface area (Å²) in [5.74, 6) is -4.10. The van der Waals surface area contributed by atoms with Gasteiger partial charge in [-0.2, -0.15) is 0 Å². The Morgan fingerprint density at radius 1 is 0.826 bits per heavy atom. The Kier molecular flexibility index (Phi) is 13.6. The summed E-state index contributed by atoms with van der Waals surface area (Å²) in [6.07, 6.45) is -26.7. The van der Waals surface area contributed by atoms with E-state index in [4.69, 9.17) is 29.4 Å². The molecule has 1 aromatic rings. The Balaban J connectivity index is 1.58. The minimum absolute atomic E-state index is 0.00203. The van der Waals surface area contributed by atoms with Gasteiger partial charge in [-0.15, -0.1) is 0 Å². The van der Waals surface area contributed by atoms with Gasteiger partial charge in [0.2, 0.25) is 5.78 Å². The number of nitrogens with two attached hydrogens (primary N) is 1. The number of hydrogen-bond donors (Lipinski definition) is 13. The molecule has 0 spiro atoms. The summed E-state index contributed by atoms with van der Waals surface area (Å²) < 4.78 is 26.4. The van der Waals surface area contributed by atoms with Crippen molar-refractivity contribution < 1.29 is 89.8 Å². The quantitative estimate of drug-likeness (QED) is 0.0609. The maximum Gasteiger partial charge on any atom is 0.270 e. The van der Waals surface area contributed by atoms with Crippen LogP contribution in [0.2, 0.25) is 0 Å². The van der Waals surface area contributed by atoms with Gasteiger partial charge in [0.05, 0.1) is 19.8 Å². The van der Waals surface area contributed by atoms with Crippen LogP contribution < -0.4 is 10.5 Å². The van der Waals surface area contributed by atoms with E-state index in [-0.39, 0.29) is 5.75 Å². The number of ether oxygens (including phenoxy) is 5. The van der Waals surface area contributed by atoms with E-state index < -0.39 is 124 Å². The van der Waals surface area contributed by atoms with Crippen molar-refractivity contribution in [3.05, 3.63) is 24.3 Å². The van der Waals surface area contributed by atoms with Crippen molar-refractivity contribution in [2.45, 2.75) is 105 Å². The van der Waals surface area contributed by atoms with Gasteiger partial charge < -0.3 is 90.7 Å². The molecule has 0 aliphatic carbocycles. The molecule has 2 aliphatic heterocycles. The normalized spacial score (nSPS) is 35.8. The third-order valence-electron chi connectivity index (χ3n) is 7.74. The maximum absolute atomic E-state index is 12.8. The third kappa shape index (κ3) is 8.65. The highest BCUT2D eigenvalue weighted by molar-refractivity contribution is 5.90. The molecule has 0 radical (unpaired) electrons. The number of nitrogen functional groups attached to an aromatic ring is 1. The lowest BCUT2D eigenvalue weighted by atomic mass is 9.94. The van der Waals surface area contributed by atoms with Gasteiger partial charge in [0, 0.05) is 12.1 Å². The Labute approximate surface area is 262 Å². The largest absolute Gasteiger partial charge is 0.455 e. The van der Waals surface area contributed by atoms with Crippen LogP contribution in [0.5, 0.6) is 5.75 Å². The van der Waals surface area contributed by atoms with E-state index in [1.807, 2.05) is 0 Å². The van der Waals surface area contributed by atoms with Crippen LogP contribution >= 0.6 is 0 Å². The van der Waals surface area contributed by atoms with E-state index in [9.17, 15) is 66.1 Å². The van der Waals surface area contributed by atoms with Gasteiger partial charge in [0.25, 0.3) is 5.79 Å². The van der Waals surface area contributed by atoms with E-state index in [0.29, 0.717) is 5.69 Å². The van der Waals surface area contributed by atoms with E-state index in [1.165, 1.54) is 31.2 Å². The molecule has 0 bridgehead atoms. The molecule has 0 amide bonds.